The molecule has 0 aromatic heterocycles. The third-order valence-electron chi connectivity index (χ3n) is 3.39. The van der Waals surface area contributed by atoms with Crippen LogP contribution in [0.4, 0.5) is 0 Å². The summed E-state index contributed by atoms with van der Waals surface area (Å²) >= 11 is 2.07. The Kier molecular flexibility index (Phi) is 4.74. The quantitative estimate of drug-likeness (QED) is 0.871. The summed E-state index contributed by atoms with van der Waals surface area (Å²) < 4.78 is 0. The summed E-state index contributed by atoms with van der Waals surface area (Å²) in [6, 6.07) is 12.1. The molecule has 18 heavy (non-hydrogen) atoms. The molecule has 0 amide bonds. The molecule has 0 saturated carbocycles. The van der Waals surface area contributed by atoms with E-state index in [0.29, 0.717) is 17.5 Å². The lowest BCUT2D eigenvalue weighted by Crippen LogP contribution is -2.34. The van der Waals surface area contributed by atoms with E-state index in [4.69, 9.17) is 0 Å². The SMILES string of the molecule is CC(C)(C)CC(NC1CCSC1)c1ccccc1. The summed E-state index contributed by atoms with van der Waals surface area (Å²) in [5.41, 5.74) is 1.79. The van der Waals surface area contributed by atoms with Gasteiger partial charge in [-0.25, -0.2) is 0 Å². The van der Waals surface area contributed by atoms with Gasteiger partial charge in [-0.05, 0) is 29.6 Å². The minimum absolute atomic E-state index is 0.360. The number of hydrogen-bond acceptors (Lipinski definition) is 2. The van der Waals surface area contributed by atoms with Gasteiger partial charge in [0.1, 0.15) is 0 Å². The van der Waals surface area contributed by atoms with E-state index in [1.165, 1.54) is 29.9 Å². The predicted octanol–water partition coefficient (Wildman–Crippen LogP) is 4.26. The average Bonchev–Trinajstić information content (AvgIpc) is 2.80. The van der Waals surface area contributed by atoms with Gasteiger partial charge >= 0.3 is 0 Å². The van der Waals surface area contributed by atoms with Gasteiger partial charge in [0, 0.05) is 17.8 Å². The second kappa shape index (κ2) is 6.12. The summed E-state index contributed by atoms with van der Waals surface area (Å²) in [5, 5.41) is 3.87. The molecular weight excluding hydrogens is 238 g/mol. The number of rotatable bonds is 4. The van der Waals surface area contributed by atoms with Crippen molar-refractivity contribution < 1.29 is 0 Å². The molecule has 1 fully saturated rings. The minimum atomic E-state index is 0.360. The molecular formula is C16H25NS. The fourth-order valence-corrected chi connectivity index (χ4v) is 3.69. The average molecular weight is 263 g/mol. The Morgan fingerprint density at radius 3 is 2.56 bits per heavy atom. The van der Waals surface area contributed by atoms with Crippen LogP contribution in [0.3, 0.4) is 0 Å². The standard InChI is InChI=1S/C16H25NS/c1-16(2,3)11-15(13-7-5-4-6-8-13)17-14-9-10-18-12-14/h4-8,14-15,17H,9-12H2,1-3H3. The maximum absolute atomic E-state index is 3.87. The first-order valence-corrected chi connectivity index (χ1v) is 8.09. The number of nitrogens with one attached hydrogen (secondary N) is 1. The largest absolute Gasteiger partial charge is 0.306 e. The summed E-state index contributed by atoms with van der Waals surface area (Å²) in [5.74, 6) is 2.59. The lowest BCUT2D eigenvalue weighted by molar-refractivity contribution is 0.297. The first-order chi connectivity index (χ1) is 8.54. The van der Waals surface area contributed by atoms with Crippen molar-refractivity contribution in [2.24, 2.45) is 5.41 Å². The Bertz CT molecular complexity index is 349. The molecule has 1 aromatic carbocycles. The summed E-state index contributed by atoms with van der Waals surface area (Å²) in [4.78, 5) is 0. The third kappa shape index (κ3) is 4.33. The van der Waals surface area contributed by atoms with E-state index < -0.39 is 0 Å². The highest BCUT2D eigenvalue weighted by Gasteiger charge is 2.24. The molecule has 1 aliphatic rings. The lowest BCUT2D eigenvalue weighted by atomic mass is 9.85. The van der Waals surface area contributed by atoms with Crippen LogP contribution < -0.4 is 5.32 Å². The van der Waals surface area contributed by atoms with Gasteiger partial charge in [0.25, 0.3) is 0 Å². The fraction of sp³-hybridized carbons (Fsp3) is 0.625. The van der Waals surface area contributed by atoms with Crippen LogP contribution in [-0.4, -0.2) is 17.5 Å². The Morgan fingerprint density at radius 1 is 1.28 bits per heavy atom. The van der Waals surface area contributed by atoms with Crippen LogP contribution in [0.15, 0.2) is 30.3 Å². The highest BCUT2D eigenvalue weighted by atomic mass is 32.2. The van der Waals surface area contributed by atoms with Crippen molar-refractivity contribution in [2.45, 2.75) is 45.7 Å². The van der Waals surface area contributed by atoms with Crippen LogP contribution >= 0.6 is 11.8 Å². The Hall–Kier alpha value is -0.470. The molecule has 1 aromatic rings. The van der Waals surface area contributed by atoms with Crippen molar-refractivity contribution in [1.82, 2.24) is 5.32 Å². The monoisotopic (exact) mass is 263 g/mol. The maximum atomic E-state index is 3.87. The van der Waals surface area contributed by atoms with Crippen molar-refractivity contribution in [3.8, 4) is 0 Å². The molecule has 2 unspecified atom stereocenters. The van der Waals surface area contributed by atoms with Crippen molar-refractivity contribution in [1.29, 1.82) is 0 Å². The Morgan fingerprint density at radius 2 is 2.00 bits per heavy atom. The molecule has 100 valence electrons. The van der Waals surface area contributed by atoms with Gasteiger partial charge in [0.2, 0.25) is 0 Å². The van der Waals surface area contributed by atoms with Crippen molar-refractivity contribution >= 4 is 11.8 Å². The minimum Gasteiger partial charge on any atom is -0.306 e. The zero-order chi connectivity index (χ0) is 13.0. The van der Waals surface area contributed by atoms with E-state index in [1.807, 2.05) is 0 Å². The maximum Gasteiger partial charge on any atom is 0.0327 e. The van der Waals surface area contributed by atoms with Crippen molar-refractivity contribution in [3.05, 3.63) is 35.9 Å². The van der Waals surface area contributed by atoms with Gasteiger partial charge in [-0.3, -0.25) is 0 Å². The van der Waals surface area contributed by atoms with Gasteiger partial charge in [0.05, 0.1) is 0 Å². The van der Waals surface area contributed by atoms with E-state index in [2.05, 4.69) is 68.2 Å². The number of benzene rings is 1. The summed E-state index contributed by atoms with van der Waals surface area (Å²) in [6.45, 7) is 6.98. The van der Waals surface area contributed by atoms with Crippen LogP contribution in [0.1, 0.15) is 45.2 Å². The highest BCUT2D eigenvalue weighted by molar-refractivity contribution is 7.99. The van der Waals surface area contributed by atoms with E-state index in [1.54, 1.807) is 0 Å². The van der Waals surface area contributed by atoms with Crippen LogP contribution in [0.5, 0.6) is 0 Å². The molecule has 0 aliphatic carbocycles. The van der Waals surface area contributed by atoms with Crippen LogP contribution in [0, 0.1) is 5.41 Å². The number of thioether (sulfide) groups is 1. The fourth-order valence-electron chi connectivity index (χ4n) is 2.52. The number of hydrogen-bond donors (Lipinski definition) is 1. The normalized spacial score (nSPS) is 22.1. The summed E-state index contributed by atoms with van der Waals surface area (Å²) in [7, 11) is 0. The molecule has 2 rings (SSSR count). The van der Waals surface area contributed by atoms with Gasteiger partial charge in [-0.2, -0.15) is 11.8 Å². The van der Waals surface area contributed by atoms with E-state index in [-0.39, 0.29) is 0 Å². The van der Waals surface area contributed by atoms with E-state index in [0.717, 1.165) is 0 Å². The molecule has 0 radical (unpaired) electrons. The first-order valence-electron chi connectivity index (χ1n) is 6.93. The van der Waals surface area contributed by atoms with E-state index in [9.17, 15) is 0 Å². The molecule has 1 saturated heterocycles. The lowest BCUT2D eigenvalue weighted by Gasteiger charge is -2.29. The molecule has 1 aliphatic heterocycles. The van der Waals surface area contributed by atoms with E-state index >= 15 is 0 Å². The molecule has 0 bridgehead atoms. The highest BCUT2D eigenvalue weighted by Crippen LogP contribution is 2.31. The molecule has 2 atom stereocenters. The molecule has 1 heterocycles. The van der Waals surface area contributed by atoms with Gasteiger partial charge in [-0.1, -0.05) is 51.1 Å². The molecule has 0 spiro atoms. The Labute approximate surface area is 116 Å². The molecule has 1 nitrogen and oxygen atoms in total. The topological polar surface area (TPSA) is 12.0 Å². The van der Waals surface area contributed by atoms with Gasteiger partial charge in [-0.15, -0.1) is 0 Å². The van der Waals surface area contributed by atoms with Gasteiger partial charge < -0.3 is 5.32 Å². The molecule has 2 heteroatoms. The van der Waals surface area contributed by atoms with Gasteiger partial charge in [0.15, 0.2) is 0 Å². The third-order valence-corrected chi connectivity index (χ3v) is 4.55. The smallest absolute Gasteiger partial charge is 0.0327 e. The van der Waals surface area contributed by atoms with Crippen molar-refractivity contribution in [2.75, 3.05) is 11.5 Å². The summed E-state index contributed by atoms with van der Waals surface area (Å²) in [6.07, 6.45) is 2.51. The Balaban J connectivity index is 2.07. The van der Waals surface area contributed by atoms with Crippen molar-refractivity contribution in [3.63, 3.8) is 0 Å². The second-order valence-corrected chi connectivity index (χ2v) is 7.61. The van der Waals surface area contributed by atoms with Crippen LogP contribution in [-0.2, 0) is 0 Å². The zero-order valence-corrected chi connectivity index (χ0v) is 12.6. The zero-order valence-electron chi connectivity index (χ0n) is 11.8. The predicted molar refractivity (Wildman–Crippen MR) is 82.1 cm³/mol. The van der Waals surface area contributed by atoms with Crippen LogP contribution in [0.25, 0.3) is 0 Å². The first kappa shape index (κ1) is 14.0. The second-order valence-electron chi connectivity index (χ2n) is 6.46. The molecule has 1 N–H and O–H groups in total. The van der Waals surface area contributed by atoms with Crippen LogP contribution in [0.2, 0.25) is 0 Å².